The van der Waals surface area contributed by atoms with E-state index >= 15 is 0 Å². The summed E-state index contributed by atoms with van der Waals surface area (Å²) in [5, 5.41) is 17.0. The Labute approximate surface area is 202 Å². The van der Waals surface area contributed by atoms with Crippen molar-refractivity contribution < 1.29 is 19.5 Å². The molecule has 1 heterocycles. The largest absolute Gasteiger partial charge is 0.478 e. The number of rotatable bonds is 7. The van der Waals surface area contributed by atoms with E-state index in [-0.39, 0.29) is 23.4 Å². The van der Waals surface area contributed by atoms with Crippen molar-refractivity contribution in [3.05, 3.63) is 114 Å². The maximum Gasteiger partial charge on any atom is 0.337 e. The van der Waals surface area contributed by atoms with E-state index in [1.807, 2.05) is 55.5 Å². The molecule has 0 saturated carbocycles. The Kier molecular flexibility index (Phi) is 6.97. The highest BCUT2D eigenvalue weighted by molar-refractivity contribution is 6.08. The molecule has 1 aromatic heterocycles. The van der Waals surface area contributed by atoms with Gasteiger partial charge in [0.15, 0.2) is 0 Å². The molecule has 4 rings (SSSR count). The van der Waals surface area contributed by atoms with Crippen LogP contribution in [0, 0.1) is 0 Å². The summed E-state index contributed by atoms with van der Waals surface area (Å²) in [6, 6.07) is 23.3. The fourth-order valence-corrected chi connectivity index (χ4v) is 3.63. The topological polar surface area (TPSA) is 108 Å². The van der Waals surface area contributed by atoms with Gasteiger partial charge in [0.1, 0.15) is 0 Å². The molecule has 3 N–H and O–H groups in total. The van der Waals surface area contributed by atoms with E-state index in [0.29, 0.717) is 5.69 Å². The average molecular weight is 466 g/mol. The number of carbonyl (C=O) groups excluding carboxylic acids is 2. The van der Waals surface area contributed by atoms with Crippen molar-refractivity contribution in [3.63, 3.8) is 0 Å². The minimum Gasteiger partial charge on any atom is -0.478 e. The quantitative estimate of drug-likeness (QED) is 0.336. The number of pyridine rings is 1. The number of anilines is 1. The standard InChI is InChI=1S/C28H23N3O4/c1-18(20-10-9-19-6-2-3-7-21(19)15-20)14-26(32)31-25-16-22(11-12-24(25)28(34)35)27(33)30-17-23-8-4-5-13-29-23/h2-16H,17H2,1H3,(H,30,33)(H,31,32)(H,34,35). The molecule has 174 valence electrons. The van der Waals surface area contributed by atoms with Gasteiger partial charge in [-0.15, -0.1) is 0 Å². The van der Waals surface area contributed by atoms with Crippen LogP contribution in [0.15, 0.2) is 91.1 Å². The van der Waals surface area contributed by atoms with Crippen molar-refractivity contribution in [2.45, 2.75) is 13.5 Å². The minimum absolute atomic E-state index is 0.0375. The first-order chi connectivity index (χ1) is 16.9. The number of aromatic nitrogens is 1. The summed E-state index contributed by atoms with van der Waals surface area (Å²) >= 11 is 0. The molecular formula is C28H23N3O4. The molecule has 3 aromatic carbocycles. The number of allylic oxidation sites excluding steroid dienone is 1. The van der Waals surface area contributed by atoms with Gasteiger partial charge in [-0.25, -0.2) is 4.79 Å². The zero-order valence-electron chi connectivity index (χ0n) is 19.0. The first-order valence-corrected chi connectivity index (χ1v) is 10.9. The Morgan fingerprint density at radius 1 is 0.886 bits per heavy atom. The fraction of sp³-hybridized carbons (Fsp3) is 0.0714. The van der Waals surface area contributed by atoms with E-state index < -0.39 is 17.8 Å². The van der Waals surface area contributed by atoms with Gasteiger partial charge in [0.05, 0.1) is 23.5 Å². The van der Waals surface area contributed by atoms with Gasteiger partial charge in [-0.1, -0.05) is 42.5 Å². The average Bonchev–Trinajstić information content (AvgIpc) is 2.87. The van der Waals surface area contributed by atoms with Gasteiger partial charge in [-0.3, -0.25) is 14.6 Å². The van der Waals surface area contributed by atoms with Crippen molar-refractivity contribution >= 4 is 39.8 Å². The van der Waals surface area contributed by atoms with Crippen molar-refractivity contribution in [1.29, 1.82) is 0 Å². The summed E-state index contributed by atoms with van der Waals surface area (Å²) in [6.45, 7) is 2.03. The first-order valence-electron chi connectivity index (χ1n) is 10.9. The monoisotopic (exact) mass is 465 g/mol. The third kappa shape index (κ3) is 5.78. The van der Waals surface area contributed by atoms with Crippen molar-refractivity contribution in [1.82, 2.24) is 10.3 Å². The van der Waals surface area contributed by atoms with Crippen molar-refractivity contribution in [2.75, 3.05) is 5.32 Å². The van der Waals surface area contributed by atoms with Gasteiger partial charge in [0.25, 0.3) is 5.91 Å². The maximum atomic E-state index is 12.7. The van der Waals surface area contributed by atoms with E-state index in [1.54, 1.807) is 18.3 Å². The lowest BCUT2D eigenvalue weighted by Crippen LogP contribution is -2.24. The molecule has 35 heavy (non-hydrogen) atoms. The normalized spacial score (nSPS) is 11.2. The van der Waals surface area contributed by atoms with Crippen LogP contribution < -0.4 is 10.6 Å². The van der Waals surface area contributed by atoms with E-state index in [1.165, 1.54) is 24.3 Å². The number of benzene rings is 3. The Bertz CT molecular complexity index is 1450. The first kappa shape index (κ1) is 23.4. The maximum absolute atomic E-state index is 12.7. The number of carbonyl (C=O) groups is 3. The zero-order valence-corrected chi connectivity index (χ0v) is 19.0. The highest BCUT2D eigenvalue weighted by atomic mass is 16.4. The fourth-order valence-electron chi connectivity index (χ4n) is 3.63. The number of amides is 2. The van der Waals surface area contributed by atoms with Crippen molar-refractivity contribution in [3.8, 4) is 0 Å². The van der Waals surface area contributed by atoms with E-state index in [9.17, 15) is 19.5 Å². The second-order valence-corrected chi connectivity index (χ2v) is 7.95. The van der Waals surface area contributed by atoms with Crippen LogP contribution in [0.1, 0.15) is 38.9 Å². The van der Waals surface area contributed by atoms with Crippen LogP contribution >= 0.6 is 0 Å². The minimum atomic E-state index is -1.21. The molecule has 0 spiro atoms. The molecule has 0 aliphatic carbocycles. The molecular weight excluding hydrogens is 442 g/mol. The predicted molar refractivity (Wildman–Crippen MR) is 135 cm³/mol. The molecule has 4 aromatic rings. The zero-order chi connectivity index (χ0) is 24.8. The number of aromatic carboxylic acids is 1. The van der Waals surface area contributed by atoms with Crippen LogP contribution in [-0.4, -0.2) is 27.9 Å². The van der Waals surface area contributed by atoms with Crippen LogP contribution in [0.2, 0.25) is 0 Å². The number of hydrogen-bond acceptors (Lipinski definition) is 4. The summed E-state index contributed by atoms with van der Waals surface area (Å²) in [7, 11) is 0. The van der Waals surface area contributed by atoms with Gasteiger partial charge in [0, 0.05) is 17.8 Å². The smallest absolute Gasteiger partial charge is 0.337 e. The van der Waals surface area contributed by atoms with E-state index in [2.05, 4.69) is 15.6 Å². The number of nitrogens with zero attached hydrogens (tertiary/aromatic N) is 1. The lowest BCUT2D eigenvalue weighted by molar-refractivity contribution is -0.111. The Balaban J connectivity index is 1.52. The molecule has 0 radical (unpaired) electrons. The number of carboxylic acids is 1. The lowest BCUT2D eigenvalue weighted by Gasteiger charge is -2.11. The van der Waals surface area contributed by atoms with Crippen LogP contribution in [0.5, 0.6) is 0 Å². The molecule has 2 amide bonds. The molecule has 0 aliphatic heterocycles. The molecule has 0 saturated heterocycles. The molecule has 0 unspecified atom stereocenters. The lowest BCUT2D eigenvalue weighted by atomic mass is 10.0. The van der Waals surface area contributed by atoms with Crippen LogP contribution in [0.3, 0.4) is 0 Å². The highest BCUT2D eigenvalue weighted by Gasteiger charge is 2.16. The third-order valence-corrected chi connectivity index (χ3v) is 5.48. The van der Waals surface area contributed by atoms with E-state index in [0.717, 1.165) is 21.9 Å². The molecule has 0 atom stereocenters. The Morgan fingerprint density at radius 2 is 1.63 bits per heavy atom. The van der Waals surface area contributed by atoms with Gasteiger partial charge in [-0.2, -0.15) is 0 Å². The molecule has 0 aliphatic rings. The van der Waals surface area contributed by atoms with Gasteiger partial charge in [0.2, 0.25) is 5.91 Å². The van der Waals surface area contributed by atoms with Crippen LogP contribution in [-0.2, 0) is 11.3 Å². The van der Waals surface area contributed by atoms with Crippen LogP contribution in [0.4, 0.5) is 5.69 Å². The van der Waals surface area contributed by atoms with Gasteiger partial charge >= 0.3 is 5.97 Å². The number of carboxylic acid groups (broad SMARTS) is 1. The van der Waals surface area contributed by atoms with Crippen molar-refractivity contribution in [2.24, 2.45) is 0 Å². The Morgan fingerprint density at radius 3 is 2.37 bits per heavy atom. The summed E-state index contributed by atoms with van der Waals surface area (Å²) in [6.07, 6.45) is 3.04. The van der Waals surface area contributed by atoms with Gasteiger partial charge in [-0.05, 0) is 65.2 Å². The third-order valence-electron chi connectivity index (χ3n) is 5.48. The molecule has 7 nitrogen and oxygen atoms in total. The van der Waals surface area contributed by atoms with Crippen LogP contribution in [0.25, 0.3) is 16.3 Å². The predicted octanol–water partition coefficient (Wildman–Crippen LogP) is 4.91. The Hall–Kier alpha value is -4.78. The number of nitrogens with one attached hydrogen (secondary N) is 2. The summed E-state index contributed by atoms with van der Waals surface area (Å²) < 4.78 is 0. The number of hydrogen-bond donors (Lipinski definition) is 3. The second kappa shape index (κ2) is 10.4. The SMILES string of the molecule is CC(=CC(=O)Nc1cc(C(=O)NCc2ccccn2)ccc1C(=O)O)c1ccc2ccccc2c1. The summed E-state index contributed by atoms with van der Waals surface area (Å²) in [4.78, 5) is 41.2. The van der Waals surface area contributed by atoms with Gasteiger partial charge < -0.3 is 15.7 Å². The highest BCUT2D eigenvalue weighted by Crippen LogP contribution is 2.22. The second-order valence-electron chi connectivity index (χ2n) is 7.95. The molecule has 0 bridgehead atoms. The summed E-state index contributed by atoms with van der Waals surface area (Å²) in [5.41, 5.74) is 2.42. The number of fused-ring (bicyclic) bond motifs is 1. The van der Waals surface area contributed by atoms with E-state index in [4.69, 9.17) is 0 Å². The molecule has 0 fully saturated rings. The molecule has 7 heteroatoms. The summed E-state index contributed by atoms with van der Waals surface area (Å²) in [5.74, 6) is -2.12.